The summed E-state index contributed by atoms with van der Waals surface area (Å²) in [4.78, 5) is 12.6. The number of carbonyl (C=O) groups is 1. The van der Waals surface area contributed by atoms with E-state index in [-0.39, 0.29) is 5.78 Å². The Labute approximate surface area is 116 Å². The van der Waals surface area contributed by atoms with Gasteiger partial charge in [0.25, 0.3) is 0 Å². The fraction of sp³-hybridized carbons (Fsp3) is 0.125. The first kappa shape index (κ1) is 12.4. The number of hydrogen-bond donors (Lipinski definition) is 0. The summed E-state index contributed by atoms with van der Waals surface area (Å²) in [6.07, 6.45) is 0. The minimum Gasteiger partial charge on any atom is -0.497 e. The van der Waals surface area contributed by atoms with E-state index >= 15 is 0 Å². The van der Waals surface area contributed by atoms with Crippen molar-refractivity contribution in [2.24, 2.45) is 7.05 Å². The number of aryl methyl sites for hydroxylation is 1. The van der Waals surface area contributed by atoms with Crippen molar-refractivity contribution in [1.29, 1.82) is 0 Å². The third kappa shape index (κ3) is 1.95. The minimum absolute atomic E-state index is 0.0792. The molecule has 0 amide bonds. The third-order valence-electron chi connectivity index (χ3n) is 3.33. The highest BCUT2D eigenvalue weighted by Crippen LogP contribution is 2.21. The van der Waals surface area contributed by atoms with E-state index in [0.29, 0.717) is 11.3 Å². The Balaban J connectivity index is 2.08. The molecule has 0 bridgehead atoms. The fourth-order valence-electron chi connectivity index (χ4n) is 2.26. The number of carbonyl (C=O) groups excluding carboxylic acids is 1. The van der Waals surface area contributed by atoms with Crippen LogP contribution < -0.4 is 4.74 Å². The molecule has 0 radical (unpaired) electrons. The van der Waals surface area contributed by atoms with Gasteiger partial charge in [-0.05, 0) is 30.3 Å². The van der Waals surface area contributed by atoms with E-state index in [1.165, 1.54) is 0 Å². The lowest BCUT2D eigenvalue weighted by Crippen LogP contribution is -2.03. The smallest absolute Gasteiger partial charge is 0.213 e. The second kappa shape index (κ2) is 4.81. The number of ketones is 1. The molecule has 4 heteroatoms. The van der Waals surface area contributed by atoms with Crippen molar-refractivity contribution in [2.75, 3.05) is 7.11 Å². The van der Waals surface area contributed by atoms with Gasteiger partial charge in [0, 0.05) is 18.0 Å². The molecule has 0 saturated heterocycles. The molecule has 2 aromatic carbocycles. The Bertz CT molecular complexity index is 773. The first-order chi connectivity index (χ1) is 9.70. The van der Waals surface area contributed by atoms with E-state index in [1.54, 1.807) is 36.1 Å². The van der Waals surface area contributed by atoms with Gasteiger partial charge in [0.15, 0.2) is 0 Å². The SMILES string of the molecule is COc1ccc(C(=O)c2nn(C)c3ccccc23)cc1. The molecule has 1 heterocycles. The zero-order valence-corrected chi connectivity index (χ0v) is 11.3. The summed E-state index contributed by atoms with van der Waals surface area (Å²) in [6.45, 7) is 0. The van der Waals surface area contributed by atoms with Crippen molar-refractivity contribution in [3.05, 3.63) is 59.8 Å². The van der Waals surface area contributed by atoms with Gasteiger partial charge >= 0.3 is 0 Å². The highest BCUT2D eigenvalue weighted by Gasteiger charge is 2.17. The maximum Gasteiger partial charge on any atom is 0.213 e. The number of hydrogen-bond acceptors (Lipinski definition) is 3. The van der Waals surface area contributed by atoms with Gasteiger partial charge in [-0.1, -0.05) is 18.2 Å². The van der Waals surface area contributed by atoms with E-state index < -0.39 is 0 Å². The van der Waals surface area contributed by atoms with Gasteiger partial charge in [-0.3, -0.25) is 9.48 Å². The summed E-state index contributed by atoms with van der Waals surface area (Å²) >= 11 is 0. The lowest BCUT2D eigenvalue weighted by Gasteiger charge is -2.01. The zero-order chi connectivity index (χ0) is 14.1. The van der Waals surface area contributed by atoms with Crippen LogP contribution in [0.4, 0.5) is 0 Å². The highest BCUT2D eigenvalue weighted by atomic mass is 16.5. The summed E-state index contributed by atoms with van der Waals surface area (Å²) in [5.41, 5.74) is 2.03. The fourth-order valence-corrected chi connectivity index (χ4v) is 2.26. The number of ether oxygens (including phenoxy) is 1. The van der Waals surface area contributed by atoms with Crippen molar-refractivity contribution in [3.8, 4) is 5.75 Å². The van der Waals surface area contributed by atoms with Crippen LogP contribution in [0.3, 0.4) is 0 Å². The Kier molecular flexibility index (Phi) is 2.99. The van der Waals surface area contributed by atoms with Gasteiger partial charge in [-0.25, -0.2) is 0 Å². The largest absolute Gasteiger partial charge is 0.497 e. The van der Waals surface area contributed by atoms with Gasteiger partial charge in [0.2, 0.25) is 5.78 Å². The molecule has 0 spiro atoms. The number of methoxy groups -OCH3 is 1. The van der Waals surface area contributed by atoms with Crippen LogP contribution in [0, 0.1) is 0 Å². The van der Waals surface area contributed by atoms with Crippen molar-refractivity contribution < 1.29 is 9.53 Å². The van der Waals surface area contributed by atoms with E-state index in [2.05, 4.69) is 5.10 Å². The minimum atomic E-state index is -0.0792. The molecule has 0 aliphatic rings. The maximum atomic E-state index is 12.6. The molecule has 3 aromatic rings. The Morgan fingerprint density at radius 1 is 1.10 bits per heavy atom. The second-order valence-electron chi connectivity index (χ2n) is 4.55. The van der Waals surface area contributed by atoms with E-state index in [9.17, 15) is 4.79 Å². The van der Waals surface area contributed by atoms with Crippen LogP contribution >= 0.6 is 0 Å². The molecule has 20 heavy (non-hydrogen) atoms. The van der Waals surface area contributed by atoms with Crippen LogP contribution in [0.15, 0.2) is 48.5 Å². The molecule has 0 unspecified atom stereocenters. The van der Waals surface area contributed by atoms with Crippen LogP contribution in [0.5, 0.6) is 5.75 Å². The second-order valence-corrected chi connectivity index (χ2v) is 4.55. The van der Waals surface area contributed by atoms with Crippen LogP contribution in [0.2, 0.25) is 0 Å². The van der Waals surface area contributed by atoms with E-state index in [4.69, 9.17) is 4.74 Å². The molecule has 3 rings (SSSR count). The lowest BCUT2D eigenvalue weighted by atomic mass is 10.1. The molecule has 0 atom stereocenters. The average molecular weight is 266 g/mol. The quantitative estimate of drug-likeness (QED) is 0.685. The number of benzene rings is 2. The summed E-state index contributed by atoms with van der Waals surface area (Å²) in [5.74, 6) is 0.650. The Morgan fingerprint density at radius 3 is 2.50 bits per heavy atom. The number of nitrogens with zero attached hydrogens (tertiary/aromatic N) is 2. The average Bonchev–Trinajstić information content (AvgIpc) is 2.84. The summed E-state index contributed by atoms with van der Waals surface area (Å²) in [6, 6.07) is 14.8. The molecule has 4 nitrogen and oxygen atoms in total. The molecule has 1 aromatic heterocycles. The summed E-state index contributed by atoms with van der Waals surface area (Å²) in [5, 5.41) is 5.22. The standard InChI is InChI=1S/C16H14N2O2/c1-18-14-6-4-3-5-13(14)15(17-18)16(19)11-7-9-12(20-2)10-8-11/h3-10H,1-2H3. The summed E-state index contributed by atoms with van der Waals surface area (Å²) in [7, 11) is 3.44. The topological polar surface area (TPSA) is 44.1 Å². The van der Waals surface area contributed by atoms with Crippen molar-refractivity contribution >= 4 is 16.7 Å². The Hall–Kier alpha value is -2.62. The third-order valence-corrected chi connectivity index (χ3v) is 3.33. The lowest BCUT2D eigenvalue weighted by molar-refractivity contribution is 0.103. The monoisotopic (exact) mass is 266 g/mol. The van der Waals surface area contributed by atoms with Gasteiger partial charge in [0.05, 0.1) is 12.6 Å². The van der Waals surface area contributed by atoms with Crippen molar-refractivity contribution in [3.63, 3.8) is 0 Å². The molecule has 0 aliphatic heterocycles. The molecule has 0 fully saturated rings. The zero-order valence-electron chi connectivity index (χ0n) is 11.3. The van der Waals surface area contributed by atoms with Gasteiger partial charge in [-0.2, -0.15) is 5.10 Å². The summed E-state index contributed by atoms with van der Waals surface area (Å²) < 4.78 is 6.83. The van der Waals surface area contributed by atoms with E-state index in [1.807, 2.05) is 31.3 Å². The van der Waals surface area contributed by atoms with Crippen LogP contribution in [0.25, 0.3) is 10.9 Å². The molecule has 100 valence electrons. The number of fused-ring (bicyclic) bond motifs is 1. The molecular weight excluding hydrogens is 252 g/mol. The number of rotatable bonds is 3. The van der Waals surface area contributed by atoms with Gasteiger partial charge < -0.3 is 4.74 Å². The number of aromatic nitrogens is 2. The molecule has 0 aliphatic carbocycles. The van der Waals surface area contributed by atoms with Gasteiger partial charge in [0.1, 0.15) is 11.4 Å². The first-order valence-corrected chi connectivity index (χ1v) is 6.31. The Morgan fingerprint density at radius 2 is 1.80 bits per heavy atom. The number of para-hydroxylation sites is 1. The van der Waals surface area contributed by atoms with Crippen LogP contribution in [0.1, 0.15) is 16.1 Å². The van der Waals surface area contributed by atoms with Crippen LogP contribution in [-0.4, -0.2) is 22.7 Å². The van der Waals surface area contributed by atoms with Gasteiger partial charge in [-0.15, -0.1) is 0 Å². The molecular formula is C16H14N2O2. The highest BCUT2D eigenvalue weighted by molar-refractivity contribution is 6.14. The molecule has 0 saturated carbocycles. The maximum absolute atomic E-state index is 12.6. The predicted molar refractivity (Wildman–Crippen MR) is 77.1 cm³/mol. The molecule has 0 N–H and O–H groups in total. The predicted octanol–water partition coefficient (Wildman–Crippen LogP) is 2.81. The van der Waals surface area contributed by atoms with Crippen LogP contribution in [-0.2, 0) is 7.05 Å². The van der Waals surface area contributed by atoms with Crippen molar-refractivity contribution in [2.45, 2.75) is 0 Å². The normalized spacial score (nSPS) is 10.7. The van der Waals surface area contributed by atoms with Crippen molar-refractivity contribution in [1.82, 2.24) is 9.78 Å². The van der Waals surface area contributed by atoms with E-state index in [0.717, 1.165) is 16.7 Å². The first-order valence-electron chi connectivity index (χ1n) is 6.31.